The molecule has 0 saturated carbocycles. The molecule has 3 nitrogen and oxygen atoms in total. The lowest BCUT2D eigenvalue weighted by molar-refractivity contribution is 0.554. The Morgan fingerprint density at radius 1 is 1.00 bits per heavy atom. The summed E-state index contributed by atoms with van der Waals surface area (Å²) < 4.78 is 4.91. The van der Waals surface area contributed by atoms with Gasteiger partial charge in [-0.2, -0.15) is 0 Å². The summed E-state index contributed by atoms with van der Waals surface area (Å²) in [6.45, 7) is 0.839. The third kappa shape index (κ3) is 6.28. The van der Waals surface area contributed by atoms with E-state index in [9.17, 15) is 0 Å². The van der Waals surface area contributed by atoms with Crippen molar-refractivity contribution < 1.29 is 4.42 Å². The topological polar surface area (TPSA) is 52.0 Å². The lowest BCUT2D eigenvalue weighted by atomic mass is 10.1. The number of rotatable bonds is 9. The van der Waals surface area contributed by atoms with Gasteiger partial charge in [0.1, 0.15) is 6.26 Å². The van der Waals surface area contributed by atoms with Gasteiger partial charge < -0.3 is 10.2 Å². The molecule has 0 radical (unpaired) electrons. The number of hydrogen-bond donors (Lipinski definition) is 1. The fourth-order valence-electron chi connectivity index (χ4n) is 1.70. The van der Waals surface area contributed by atoms with Crippen LogP contribution in [0.1, 0.15) is 50.6 Å². The van der Waals surface area contributed by atoms with E-state index in [1.54, 1.807) is 6.26 Å². The van der Waals surface area contributed by atoms with Crippen LogP contribution in [0.2, 0.25) is 0 Å². The van der Waals surface area contributed by atoms with Crippen molar-refractivity contribution in [2.45, 2.75) is 51.4 Å². The first kappa shape index (κ1) is 12.2. The van der Waals surface area contributed by atoms with Gasteiger partial charge in [-0.05, 0) is 25.8 Å². The molecule has 15 heavy (non-hydrogen) atoms. The highest BCUT2D eigenvalue weighted by atomic mass is 16.3. The molecule has 0 fully saturated rings. The number of aryl methyl sites for hydroxylation is 1. The Morgan fingerprint density at radius 2 is 1.67 bits per heavy atom. The van der Waals surface area contributed by atoms with Gasteiger partial charge in [-0.1, -0.05) is 32.1 Å². The molecular weight excluding hydrogens is 188 g/mol. The van der Waals surface area contributed by atoms with Gasteiger partial charge in [0.2, 0.25) is 0 Å². The van der Waals surface area contributed by atoms with E-state index in [2.05, 4.69) is 4.98 Å². The van der Waals surface area contributed by atoms with Crippen molar-refractivity contribution >= 4 is 0 Å². The fourth-order valence-corrected chi connectivity index (χ4v) is 1.70. The largest absolute Gasteiger partial charge is 0.451 e. The van der Waals surface area contributed by atoms with Crippen molar-refractivity contribution in [1.82, 2.24) is 4.98 Å². The van der Waals surface area contributed by atoms with Crippen LogP contribution in [0.3, 0.4) is 0 Å². The van der Waals surface area contributed by atoms with Crippen molar-refractivity contribution in [3.63, 3.8) is 0 Å². The van der Waals surface area contributed by atoms with Crippen molar-refractivity contribution in [2.24, 2.45) is 5.73 Å². The highest BCUT2D eigenvalue weighted by Gasteiger charge is 1.96. The maximum absolute atomic E-state index is 5.43. The first-order chi connectivity index (χ1) is 7.43. The van der Waals surface area contributed by atoms with Crippen LogP contribution in [0.15, 0.2) is 17.1 Å². The first-order valence-corrected chi connectivity index (χ1v) is 6.00. The van der Waals surface area contributed by atoms with E-state index in [1.807, 2.05) is 0 Å². The van der Waals surface area contributed by atoms with Crippen LogP contribution in [-0.2, 0) is 6.42 Å². The molecule has 86 valence electrons. The van der Waals surface area contributed by atoms with E-state index in [4.69, 9.17) is 10.2 Å². The zero-order valence-electron chi connectivity index (χ0n) is 9.45. The zero-order chi connectivity index (χ0) is 10.8. The lowest BCUT2D eigenvalue weighted by Gasteiger charge is -2.00. The third-order valence-electron chi connectivity index (χ3n) is 2.62. The fraction of sp³-hybridized carbons (Fsp3) is 0.750. The Labute approximate surface area is 92.1 Å². The van der Waals surface area contributed by atoms with E-state index in [-0.39, 0.29) is 0 Å². The van der Waals surface area contributed by atoms with Gasteiger partial charge >= 0.3 is 0 Å². The molecule has 0 bridgehead atoms. The highest BCUT2D eigenvalue weighted by molar-refractivity contribution is 4.90. The van der Waals surface area contributed by atoms with Crippen LogP contribution < -0.4 is 5.73 Å². The summed E-state index contributed by atoms with van der Waals surface area (Å²) in [5.74, 6) is 0. The number of oxazole rings is 1. The van der Waals surface area contributed by atoms with Gasteiger partial charge in [0.05, 0.1) is 5.69 Å². The second kappa shape index (κ2) is 8.48. The van der Waals surface area contributed by atoms with E-state index >= 15 is 0 Å². The molecule has 0 atom stereocenters. The van der Waals surface area contributed by atoms with Crippen LogP contribution in [-0.4, -0.2) is 11.5 Å². The van der Waals surface area contributed by atoms with Gasteiger partial charge in [-0.3, -0.25) is 0 Å². The normalized spacial score (nSPS) is 10.7. The average Bonchev–Trinajstić information content (AvgIpc) is 2.75. The molecule has 0 spiro atoms. The number of unbranched alkanes of at least 4 members (excludes halogenated alkanes) is 6. The van der Waals surface area contributed by atoms with Gasteiger partial charge in [0.15, 0.2) is 6.39 Å². The minimum absolute atomic E-state index is 0.839. The van der Waals surface area contributed by atoms with Gasteiger partial charge in [0.25, 0.3) is 0 Å². The quantitative estimate of drug-likeness (QED) is 0.637. The molecule has 3 heteroatoms. The highest BCUT2D eigenvalue weighted by Crippen LogP contribution is 2.09. The number of aromatic nitrogens is 1. The second-order valence-corrected chi connectivity index (χ2v) is 3.99. The molecule has 0 aliphatic carbocycles. The predicted molar refractivity (Wildman–Crippen MR) is 61.6 cm³/mol. The second-order valence-electron chi connectivity index (χ2n) is 3.99. The molecule has 0 aliphatic heterocycles. The summed E-state index contributed by atoms with van der Waals surface area (Å²) in [6.07, 6.45) is 13.3. The van der Waals surface area contributed by atoms with Crippen LogP contribution in [0.25, 0.3) is 0 Å². The van der Waals surface area contributed by atoms with E-state index in [0.717, 1.165) is 18.7 Å². The number of nitrogens with two attached hydrogens (primary N) is 1. The third-order valence-corrected chi connectivity index (χ3v) is 2.62. The van der Waals surface area contributed by atoms with Crippen LogP contribution >= 0.6 is 0 Å². The van der Waals surface area contributed by atoms with Gasteiger partial charge in [0, 0.05) is 0 Å². The Morgan fingerprint density at radius 3 is 2.27 bits per heavy atom. The standard InChI is InChI=1S/C12H22N2O/c13-9-7-5-3-1-2-4-6-8-12-10-15-11-14-12/h10-11H,1-9,13H2. The van der Waals surface area contributed by atoms with E-state index in [0.29, 0.717) is 0 Å². The monoisotopic (exact) mass is 210 g/mol. The molecule has 1 rings (SSSR count). The number of nitrogens with zero attached hydrogens (tertiary/aromatic N) is 1. The molecule has 1 aromatic rings. The number of hydrogen-bond acceptors (Lipinski definition) is 3. The predicted octanol–water partition coefficient (Wildman–Crippen LogP) is 2.91. The maximum Gasteiger partial charge on any atom is 0.180 e. The minimum atomic E-state index is 0.839. The Kier molecular flexibility index (Phi) is 6.92. The maximum atomic E-state index is 5.43. The Bertz CT molecular complexity index is 222. The summed E-state index contributed by atoms with van der Waals surface area (Å²) in [4.78, 5) is 4.09. The smallest absolute Gasteiger partial charge is 0.180 e. The van der Waals surface area contributed by atoms with Crippen LogP contribution in [0.5, 0.6) is 0 Å². The van der Waals surface area contributed by atoms with E-state index < -0.39 is 0 Å². The molecular formula is C12H22N2O. The summed E-state index contributed by atoms with van der Waals surface area (Å²) in [5.41, 5.74) is 6.51. The summed E-state index contributed by atoms with van der Waals surface area (Å²) in [7, 11) is 0. The molecule has 1 heterocycles. The zero-order valence-corrected chi connectivity index (χ0v) is 9.45. The van der Waals surface area contributed by atoms with Crippen molar-refractivity contribution in [3.05, 3.63) is 18.4 Å². The van der Waals surface area contributed by atoms with Crippen molar-refractivity contribution in [3.8, 4) is 0 Å². The summed E-state index contributed by atoms with van der Waals surface area (Å²) in [5, 5.41) is 0. The molecule has 1 aromatic heterocycles. The lowest BCUT2D eigenvalue weighted by Crippen LogP contribution is -1.97. The van der Waals surface area contributed by atoms with Crippen LogP contribution in [0, 0.1) is 0 Å². The molecule has 0 unspecified atom stereocenters. The minimum Gasteiger partial charge on any atom is -0.451 e. The molecule has 0 aromatic carbocycles. The van der Waals surface area contributed by atoms with E-state index in [1.165, 1.54) is 51.3 Å². The van der Waals surface area contributed by atoms with Crippen molar-refractivity contribution in [1.29, 1.82) is 0 Å². The average molecular weight is 210 g/mol. The Balaban J connectivity index is 1.81. The van der Waals surface area contributed by atoms with Gasteiger partial charge in [-0.25, -0.2) is 4.98 Å². The summed E-state index contributed by atoms with van der Waals surface area (Å²) in [6, 6.07) is 0. The van der Waals surface area contributed by atoms with Gasteiger partial charge in [-0.15, -0.1) is 0 Å². The van der Waals surface area contributed by atoms with Crippen molar-refractivity contribution in [2.75, 3.05) is 6.54 Å². The molecule has 2 N–H and O–H groups in total. The molecule has 0 saturated heterocycles. The molecule has 0 amide bonds. The van der Waals surface area contributed by atoms with Crippen LogP contribution in [0.4, 0.5) is 0 Å². The Hall–Kier alpha value is -0.830. The summed E-state index contributed by atoms with van der Waals surface area (Å²) >= 11 is 0. The first-order valence-electron chi connectivity index (χ1n) is 6.00. The molecule has 0 aliphatic rings. The SMILES string of the molecule is NCCCCCCCCCc1cocn1.